The molecule has 1 saturated heterocycles. The van der Waals surface area contributed by atoms with E-state index in [2.05, 4.69) is 15.3 Å². The number of benzene rings is 2. The molecule has 0 aliphatic carbocycles. The van der Waals surface area contributed by atoms with Crippen LogP contribution in [0.25, 0.3) is 11.0 Å². The lowest BCUT2D eigenvalue weighted by Crippen LogP contribution is -2.33. The zero-order valence-corrected chi connectivity index (χ0v) is 13.4. The molecule has 1 atom stereocenters. The summed E-state index contributed by atoms with van der Waals surface area (Å²) in [5.41, 5.74) is 2.81. The third kappa shape index (κ3) is 2.65. The lowest BCUT2D eigenvalue weighted by atomic mass is 10.2. The molecular formula is C17H15ClN4O2. The van der Waals surface area contributed by atoms with Gasteiger partial charge in [0.25, 0.3) is 0 Å². The first kappa shape index (κ1) is 14.8. The highest BCUT2D eigenvalue weighted by Gasteiger charge is 2.32. The predicted octanol–water partition coefficient (Wildman–Crippen LogP) is 2.73. The maximum atomic E-state index is 12.6. The summed E-state index contributed by atoms with van der Waals surface area (Å²) in [5, 5.41) is 3.86. The number of aromatic amines is 2. The lowest BCUT2D eigenvalue weighted by Gasteiger charge is -2.18. The van der Waals surface area contributed by atoms with Crippen LogP contribution in [0.5, 0.6) is 0 Å². The van der Waals surface area contributed by atoms with Crippen molar-refractivity contribution in [1.29, 1.82) is 0 Å². The van der Waals surface area contributed by atoms with E-state index in [0.29, 0.717) is 23.5 Å². The number of anilines is 2. The predicted molar refractivity (Wildman–Crippen MR) is 94.8 cm³/mol. The topological polar surface area (TPSA) is 81.0 Å². The molecule has 0 bridgehead atoms. The summed E-state index contributed by atoms with van der Waals surface area (Å²) in [6, 6.07) is 12.5. The van der Waals surface area contributed by atoms with E-state index in [1.54, 1.807) is 17.0 Å². The molecule has 2 heterocycles. The number of halogens is 1. The molecule has 1 aromatic heterocycles. The molecule has 1 amide bonds. The van der Waals surface area contributed by atoms with Crippen molar-refractivity contribution in [3.05, 3.63) is 58.0 Å². The van der Waals surface area contributed by atoms with Gasteiger partial charge in [0.05, 0.1) is 11.0 Å². The number of fused-ring (bicyclic) bond motifs is 1. The molecule has 4 rings (SSSR count). The van der Waals surface area contributed by atoms with Crippen molar-refractivity contribution in [1.82, 2.24) is 9.97 Å². The second-order valence-corrected chi connectivity index (χ2v) is 6.23. The Hall–Kier alpha value is -2.73. The maximum Gasteiger partial charge on any atom is 0.323 e. The van der Waals surface area contributed by atoms with Crippen molar-refractivity contribution in [3.8, 4) is 0 Å². The number of H-pyrrole nitrogens is 2. The van der Waals surface area contributed by atoms with Crippen molar-refractivity contribution in [2.24, 2.45) is 0 Å². The summed E-state index contributed by atoms with van der Waals surface area (Å²) in [7, 11) is 0. The van der Waals surface area contributed by atoms with Crippen LogP contribution in [-0.4, -0.2) is 28.5 Å². The van der Waals surface area contributed by atoms with Crippen molar-refractivity contribution < 1.29 is 4.79 Å². The van der Waals surface area contributed by atoms with E-state index in [9.17, 15) is 9.59 Å². The van der Waals surface area contributed by atoms with Crippen molar-refractivity contribution >= 4 is 39.9 Å². The van der Waals surface area contributed by atoms with Gasteiger partial charge in [-0.15, -0.1) is 0 Å². The van der Waals surface area contributed by atoms with Gasteiger partial charge in [0, 0.05) is 22.9 Å². The molecule has 0 spiro atoms. The number of hydrogen-bond donors (Lipinski definition) is 3. The van der Waals surface area contributed by atoms with Gasteiger partial charge in [-0.3, -0.25) is 4.79 Å². The molecule has 0 radical (unpaired) electrons. The average molecular weight is 343 g/mol. The van der Waals surface area contributed by atoms with Gasteiger partial charge < -0.3 is 20.2 Å². The summed E-state index contributed by atoms with van der Waals surface area (Å²) in [4.78, 5) is 31.1. The number of amides is 1. The second kappa shape index (κ2) is 5.72. The van der Waals surface area contributed by atoms with Crippen LogP contribution in [0.3, 0.4) is 0 Å². The fourth-order valence-corrected chi connectivity index (χ4v) is 3.22. The minimum absolute atomic E-state index is 0.0138. The van der Waals surface area contributed by atoms with Gasteiger partial charge in [0.15, 0.2) is 0 Å². The number of rotatable bonds is 3. The van der Waals surface area contributed by atoms with E-state index >= 15 is 0 Å². The molecule has 122 valence electrons. The first-order chi connectivity index (χ1) is 11.6. The number of aromatic nitrogens is 2. The van der Waals surface area contributed by atoms with Gasteiger partial charge in [-0.2, -0.15) is 0 Å². The Balaban J connectivity index is 1.54. The van der Waals surface area contributed by atoms with E-state index in [4.69, 9.17) is 11.6 Å². The summed E-state index contributed by atoms with van der Waals surface area (Å²) in [5.74, 6) is 0.0138. The van der Waals surface area contributed by atoms with Crippen LogP contribution in [0.4, 0.5) is 11.4 Å². The van der Waals surface area contributed by atoms with Crippen LogP contribution in [0.2, 0.25) is 5.02 Å². The second-order valence-electron chi connectivity index (χ2n) is 5.79. The van der Waals surface area contributed by atoms with Gasteiger partial charge >= 0.3 is 5.69 Å². The van der Waals surface area contributed by atoms with E-state index in [1.165, 1.54) is 0 Å². The number of carbonyl (C=O) groups is 1. The van der Waals surface area contributed by atoms with Crippen LogP contribution in [0, 0.1) is 0 Å². The van der Waals surface area contributed by atoms with Gasteiger partial charge in [-0.05, 0) is 42.8 Å². The normalized spacial score (nSPS) is 17.6. The molecule has 24 heavy (non-hydrogen) atoms. The molecular weight excluding hydrogens is 328 g/mol. The third-order valence-electron chi connectivity index (χ3n) is 4.18. The average Bonchev–Trinajstić information content (AvgIpc) is 3.09. The standard InChI is InChI=1S/C17H15ClN4O2/c18-10-2-1-3-12(8-10)22-7-6-14(16(22)23)19-11-4-5-13-15(9-11)21-17(24)20-13/h1-5,8-9,14,19H,6-7H2,(H2,20,21,24)/t14-/m1/s1. The Morgan fingerprint density at radius 1 is 1.08 bits per heavy atom. The van der Waals surface area contributed by atoms with Gasteiger partial charge in [-0.1, -0.05) is 17.7 Å². The first-order valence-electron chi connectivity index (χ1n) is 7.66. The summed E-state index contributed by atoms with van der Waals surface area (Å²) < 4.78 is 0. The van der Waals surface area contributed by atoms with Crippen molar-refractivity contribution in [3.63, 3.8) is 0 Å². The van der Waals surface area contributed by atoms with Crippen LogP contribution < -0.4 is 15.9 Å². The molecule has 3 aromatic rings. The number of nitrogens with zero attached hydrogens (tertiary/aromatic N) is 1. The Labute approximate surface area is 142 Å². The van der Waals surface area contributed by atoms with E-state index in [-0.39, 0.29) is 17.6 Å². The Bertz CT molecular complexity index is 978. The summed E-state index contributed by atoms with van der Waals surface area (Å²) >= 11 is 6.01. The Morgan fingerprint density at radius 3 is 2.75 bits per heavy atom. The molecule has 1 fully saturated rings. The van der Waals surface area contributed by atoms with E-state index < -0.39 is 0 Å². The van der Waals surface area contributed by atoms with Gasteiger partial charge in [0.2, 0.25) is 5.91 Å². The molecule has 7 heteroatoms. The van der Waals surface area contributed by atoms with E-state index in [0.717, 1.165) is 16.9 Å². The van der Waals surface area contributed by atoms with Crippen LogP contribution in [-0.2, 0) is 4.79 Å². The minimum Gasteiger partial charge on any atom is -0.374 e. The molecule has 2 aromatic carbocycles. The highest BCUT2D eigenvalue weighted by atomic mass is 35.5. The molecule has 0 unspecified atom stereocenters. The fraction of sp³-hybridized carbons (Fsp3) is 0.176. The number of imidazole rings is 1. The van der Waals surface area contributed by atoms with Crippen LogP contribution in [0.15, 0.2) is 47.3 Å². The zero-order valence-electron chi connectivity index (χ0n) is 12.7. The molecule has 6 nitrogen and oxygen atoms in total. The van der Waals surface area contributed by atoms with E-state index in [1.807, 2.05) is 30.3 Å². The fourth-order valence-electron chi connectivity index (χ4n) is 3.04. The molecule has 1 aliphatic heterocycles. The number of hydrogen-bond acceptors (Lipinski definition) is 3. The third-order valence-corrected chi connectivity index (χ3v) is 4.42. The zero-order chi connectivity index (χ0) is 16.7. The summed E-state index contributed by atoms with van der Waals surface area (Å²) in [6.45, 7) is 0.639. The van der Waals surface area contributed by atoms with Crippen molar-refractivity contribution in [2.45, 2.75) is 12.5 Å². The maximum absolute atomic E-state index is 12.6. The van der Waals surface area contributed by atoms with Crippen LogP contribution >= 0.6 is 11.6 Å². The minimum atomic E-state index is -0.299. The first-order valence-corrected chi connectivity index (χ1v) is 8.03. The largest absolute Gasteiger partial charge is 0.374 e. The van der Waals surface area contributed by atoms with Crippen molar-refractivity contribution in [2.75, 3.05) is 16.8 Å². The Morgan fingerprint density at radius 2 is 1.92 bits per heavy atom. The highest BCUT2D eigenvalue weighted by molar-refractivity contribution is 6.31. The summed E-state index contributed by atoms with van der Waals surface area (Å²) in [6.07, 6.45) is 0.701. The number of carbonyl (C=O) groups excluding carboxylic acids is 1. The van der Waals surface area contributed by atoms with Gasteiger partial charge in [-0.25, -0.2) is 4.79 Å². The highest BCUT2D eigenvalue weighted by Crippen LogP contribution is 2.26. The molecule has 0 saturated carbocycles. The molecule has 1 aliphatic rings. The SMILES string of the molecule is O=C1[C@H](Nc2ccc3[nH]c(=O)[nH]c3c2)CCN1c1cccc(Cl)c1. The quantitative estimate of drug-likeness (QED) is 0.684. The Kier molecular flexibility index (Phi) is 3.54. The van der Waals surface area contributed by atoms with Crippen LogP contribution in [0.1, 0.15) is 6.42 Å². The smallest absolute Gasteiger partial charge is 0.323 e. The lowest BCUT2D eigenvalue weighted by molar-refractivity contribution is -0.117. The molecule has 3 N–H and O–H groups in total. The monoisotopic (exact) mass is 342 g/mol. The number of nitrogens with one attached hydrogen (secondary N) is 3. The van der Waals surface area contributed by atoms with Gasteiger partial charge in [0.1, 0.15) is 6.04 Å².